The Morgan fingerprint density at radius 2 is 1.96 bits per heavy atom. The molecule has 1 aliphatic carbocycles. The van der Waals surface area contributed by atoms with E-state index in [4.69, 9.17) is 5.26 Å². The van der Waals surface area contributed by atoms with Gasteiger partial charge >= 0.3 is 5.97 Å². The molecule has 8 heteroatoms. The van der Waals surface area contributed by atoms with Gasteiger partial charge < -0.3 is 19.9 Å². The van der Waals surface area contributed by atoms with Crippen LogP contribution in [0.15, 0.2) is 23.1 Å². The molecule has 0 radical (unpaired) electrons. The fraction of sp³-hybridized carbons (Fsp3) is 0.421. The van der Waals surface area contributed by atoms with Gasteiger partial charge in [-0.05, 0) is 25.0 Å². The Morgan fingerprint density at radius 1 is 1.33 bits per heavy atom. The van der Waals surface area contributed by atoms with Crippen LogP contribution in [0.25, 0.3) is 10.9 Å². The van der Waals surface area contributed by atoms with E-state index >= 15 is 0 Å². The number of nitrogens with zero attached hydrogens (tertiary/aromatic N) is 3. The predicted molar refractivity (Wildman–Crippen MR) is 99.8 cm³/mol. The summed E-state index contributed by atoms with van der Waals surface area (Å²) in [5, 5.41) is 19.9. The molecule has 0 bridgehead atoms. The highest BCUT2D eigenvalue weighted by Gasteiger charge is 2.28. The van der Waals surface area contributed by atoms with Crippen LogP contribution in [0.5, 0.6) is 0 Å². The molecule has 1 aliphatic heterocycles. The molecule has 142 valence electrons. The highest BCUT2D eigenvalue weighted by molar-refractivity contribution is 5.93. The van der Waals surface area contributed by atoms with Crippen molar-refractivity contribution in [1.29, 1.82) is 5.26 Å². The fourth-order valence-corrected chi connectivity index (χ4v) is 3.31. The lowest BCUT2D eigenvalue weighted by molar-refractivity contribution is 0.0695. The number of aromatic carboxylic acids is 1. The number of nitriles is 1. The number of piperazine rings is 1. The van der Waals surface area contributed by atoms with Gasteiger partial charge in [-0.1, -0.05) is 0 Å². The van der Waals surface area contributed by atoms with Crippen molar-refractivity contribution in [3.05, 3.63) is 39.9 Å². The minimum atomic E-state index is -1.28. The van der Waals surface area contributed by atoms with Crippen LogP contribution in [0, 0.1) is 17.1 Å². The smallest absolute Gasteiger partial charge is 0.341 e. The standard InChI is InChI=1S/C17H18FN3O3.C2H3N/c18-13-7-11-14(8-15(13)20-5-3-19-4-6-20)21(10-1-2-10)9-12(16(11)22)17(23)24;1-2-3/h7-10,19H,1-6H2,(H,23,24);1H3. The Hall–Kier alpha value is -2.92. The summed E-state index contributed by atoms with van der Waals surface area (Å²) in [6.45, 7) is 4.39. The Labute approximate surface area is 155 Å². The first kappa shape index (κ1) is 18.9. The number of carbonyl (C=O) groups is 1. The number of aromatic nitrogens is 1. The zero-order chi connectivity index (χ0) is 19.6. The van der Waals surface area contributed by atoms with Crippen molar-refractivity contribution in [2.75, 3.05) is 31.1 Å². The summed E-state index contributed by atoms with van der Waals surface area (Å²) in [5.41, 5.74) is 0.159. The van der Waals surface area contributed by atoms with Crippen molar-refractivity contribution in [1.82, 2.24) is 9.88 Å². The molecule has 1 saturated carbocycles. The van der Waals surface area contributed by atoms with E-state index in [-0.39, 0.29) is 17.0 Å². The number of fused-ring (bicyclic) bond motifs is 1. The number of halogens is 1. The Balaban J connectivity index is 0.000000659. The molecule has 1 aromatic carbocycles. The number of carboxylic acid groups (broad SMARTS) is 1. The number of pyridine rings is 1. The van der Waals surface area contributed by atoms with E-state index in [0.717, 1.165) is 25.9 Å². The van der Waals surface area contributed by atoms with Crippen LogP contribution < -0.4 is 15.6 Å². The summed E-state index contributed by atoms with van der Waals surface area (Å²) in [5.74, 6) is -1.76. The average molecular weight is 372 g/mol. The number of rotatable bonds is 3. The van der Waals surface area contributed by atoms with Gasteiger partial charge in [-0.3, -0.25) is 4.79 Å². The number of anilines is 1. The average Bonchev–Trinajstić information content (AvgIpc) is 3.48. The molecule has 0 amide bonds. The molecule has 1 aromatic heterocycles. The van der Waals surface area contributed by atoms with Crippen LogP contribution in [0.2, 0.25) is 0 Å². The lowest BCUT2D eigenvalue weighted by atomic mass is 10.1. The van der Waals surface area contributed by atoms with Gasteiger partial charge in [-0.25, -0.2) is 9.18 Å². The molecule has 2 fully saturated rings. The third kappa shape index (κ3) is 3.78. The molecule has 4 rings (SSSR count). The molecule has 0 unspecified atom stereocenters. The van der Waals surface area contributed by atoms with Gasteiger partial charge in [0.1, 0.15) is 11.4 Å². The minimum absolute atomic E-state index is 0.137. The molecule has 2 aliphatic rings. The first-order chi connectivity index (χ1) is 13.0. The zero-order valence-electron chi connectivity index (χ0n) is 15.0. The van der Waals surface area contributed by atoms with Crippen LogP contribution in [0.1, 0.15) is 36.2 Å². The third-order valence-electron chi connectivity index (χ3n) is 4.73. The van der Waals surface area contributed by atoms with Crippen LogP contribution in [0.4, 0.5) is 10.1 Å². The van der Waals surface area contributed by atoms with E-state index in [0.29, 0.717) is 24.3 Å². The van der Waals surface area contributed by atoms with Crippen LogP contribution in [-0.2, 0) is 0 Å². The maximum absolute atomic E-state index is 14.6. The van der Waals surface area contributed by atoms with Gasteiger partial charge in [0.25, 0.3) is 0 Å². The van der Waals surface area contributed by atoms with Crippen LogP contribution >= 0.6 is 0 Å². The molecular weight excluding hydrogens is 351 g/mol. The Morgan fingerprint density at radius 3 is 2.52 bits per heavy atom. The quantitative estimate of drug-likeness (QED) is 0.856. The van der Waals surface area contributed by atoms with Crippen molar-refractivity contribution in [3.63, 3.8) is 0 Å². The van der Waals surface area contributed by atoms with E-state index in [1.165, 1.54) is 19.2 Å². The first-order valence-corrected chi connectivity index (χ1v) is 8.86. The van der Waals surface area contributed by atoms with Crippen molar-refractivity contribution < 1.29 is 14.3 Å². The summed E-state index contributed by atoms with van der Waals surface area (Å²) in [6, 6.07) is 4.83. The van der Waals surface area contributed by atoms with Crippen LogP contribution in [0.3, 0.4) is 0 Å². The summed E-state index contributed by atoms with van der Waals surface area (Å²) in [4.78, 5) is 25.7. The maximum atomic E-state index is 14.6. The SMILES string of the molecule is CC#N.O=C(O)c1cn(C2CC2)c2cc(N3CCNCC3)c(F)cc2c1=O. The number of hydrogen-bond donors (Lipinski definition) is 2. The lowest BCUT2D eigenvalue weighted by Gasteiger charge is -2.30. The summed E-state index contributed by atoms with van der Waals surface area (Å²) in [7, 11) is 0. The molecular formula is C19H21FN4O3. The number of carboxylic acids is 1. The third-order valence-corrected chi connectivity index (χ3v) is 4.73. The second kappa shape index (κ2) is 7.76. The van der Waals surface area contributed by atoms with Crippen molar-refractivity contribution in [2.24, 2.45) is 0 Å². The minimum Gasteiger partial charge on any atom is -0.477 e. The number of benzene rings is 1. The monoisotopic (exact) mass is 372 g/mol. The van der Waals surface area contributed by atoms with Gasteiger partial charge in [-0.15, -0.1) is 0 Å². The van der Waals surface area contributed by atoms with Crippen molar-refractivity contribution >= 4 is 22.6 Å². The highest BCUT2D eigenvalue weighted by Crippen LogP contribution is 2.38. The summed E-state index contributed by atoms with van der Waals surface area (Å²) < 4.78 is 16.4. The summed E-state index contributed by atoms with van der Waals surface area (Å²) >= 11 is 0. The molecule has 1 saturated heterocycles. The van der Waals surface area contributed by atoms with E-state index in [1.54, 1.807) is 12.1 Å². The topological polar surface area (TPSA) is 98.4 Å². The lowest BCUT2D eigenvalue weighted by Crippen LogP contribution is -2.43. The van der Waals surface area contributed by atoms with E-state index in [2.05, 4.69) is 5.32 Å². The van der Waals surface area contributed by atoms with Gasteiger partial charge in [0, 0.05) is 50.7 Å². The largest absolute Gasteiger partial charge is 0.477 e. The van der Waals surface area contributed by atoms with Gasteiger partial charge in [0.2, 0.25) is 5.43 Å². The molecule has 0 spiro atoms. The Bertz CT molecular complexity index is 970. The van der Waals surface area contributed by atoms with E-state index in [9.17, 15) is 19.1 Å². The van der Waals surface area contributed by atoms with Crippen molar-refractivity contribution in [2.45, 2.75) is 25.8 Å². The molecule has 27 heavy (non-hydrogen) atoms. The number of nitrogens with one attached hydrogen (secondary N) is 1. The normalized spacial score (nSPS) is 16.4. The molecule has 2 aromatic rings. The molecule has 7 nitrogen and oxygen atoms in total. The first-order valence-electron chi connectivity index (χ1n) is 8.86. The second-order valence-electron chi connectivity index (χ2n) is 6.60. The Kier molecular flexibility index (Phi) is 5.42. The molecule has 0 atom stereocenters. The second-order valence-corrected chi connectivity index (χ2v) is 6.60. The number of hydrogen-bond acceptors (Lipinski definition) is 5. The predicted octanol–water partition coefficient (Wildman–Crippen LogP) is 2.11. The van der Waals surface area contributed by atoms with Crippen LogP contribution in [-0.4, -0.2) is 41.8 Å². The van der Waals surface area contributed by atoms with Gasteiger partial charge in [0.15, 0.2) is 0 Å². The van der Waals surface area contributed by atoms with Gasteiger partial charge in [0.05, 0.1) is 17.3 Å². The molecule has 2 heterocycles. The highest BCUT2D eigenvalue weighted by atomic mass is 19.1. The van der Waals surface area contributed by atoms with Gasteiger partial charge in [-0.2, -0.15) is 5.26 Å². The fourth-order valence-electron chi connectivity index (χ4n) is 3.31. The summed E-state index contributed by atoms with van der Waals surface area (Å²) in [6.07, 6.45) is 3.29. The zero-order valence-corrected chi connectivity index (χ0v) is 15.0. The maximum Gasteiger partial charge on any atom is 0.341 e. The molecule has 2 N–H and O–H groups in total. The van der Waals surface area contributed by atoms with E-state index in [1.807, 2.05) is 9.47 Å². The van der Waals surface area contributed by atoms with Crippen molar-refractivity contribution in [3.8, 4) is 6.07 Å². The van der Waals surface area contributed by atoms with E-state index < -0.39 is 17.2 Å².